The number of nitrogens with one attached hydrogen (secondary N) is 1. The molecule has 0 aliphatic heterocycles. The van der Waals surface area contributed by atoms with Crippen LogP contribution in [0.5, 0.6) is 0 Å². The van der Waals surface area contributed by atoms with Crippen LogP contribution < -0.4 is 5.32 Å². The van der Waals surface area contributed by atoms with E-state index in [4.69, 9.17) is 14.2 Å². The molecule has 0 fully saturated rings. The molecule has 0 aromatic heterocycles. The molecule has 0 aliphatic rings. The Kier molecular flexibility index (Phi) is 5.97. The van der Waals surface area contributed by atoms with Crippen molar-refractivity contribution in [1.29, 1.82) is 0 Å². The predicted molar refractivity (Wildman–Crippen MR) is 67.9 cm³/mol. The highest BCUT2D eigenvalue weighted by atomic mass is 16.9. The van der Waals surface area contributed by atoms with E-state index in [2.05, 4.69) is 5.32 Å². The molecule has 4 heteroatoms. The number of para-hydroxylation sites is 1. The molecular formula is C13H21NO3. The van der Waals surface area contributed by atoms with Crippen LogP contribution in [0.4, 0.5) is 5.69 Å². The van der Waals surface area contributed by atoms with Crippen LogP contribution >= 0.6 is 0 Å². The molecule has 0 amide bonds. The van der Waals surface area contributed by atoms with Gasteiger partial charge < -0.3 is 19.5 Å². The van der Waals surface area contributed by atoms with E-state index >= 15 is 0 Å². The fourth-order valence-corrected chi connectivity index (χ4v) is 1.65. The minimum absolute atomic E-state index is 0.677. The zero-order valence-electron chi connectivity index (χ0n) is 10.7. The molecule has 0 saturated heterocycles. The first kappa shape index (κ1) is 14.0. The first-order valence-electron chi connectivity index (χ1n) is 5.70. The molecule has 1 rings (SSSR count). The Balaban J connectivity index is 2.28. The van der Waals surface area contributed by atoms with Gasteiger partial charge >= 0.3 is 0 Å². The summed E-state index contributed by atoms with van der Waals surface area (Å²) in [6, 6.07) is 10.1. The fourth-order valence-electron chi connectivity index (χ4n) is 1.65. The molecule has 96 valence electrons. The van der Waals surface area contributed by atoms with Crippen LogP contribution in [0.15, 0.2) is 30.3 Å². The minimum Gasteiger partial charge on any atom is -0.385 e. The van der Waals surface area contributed by atoms with Crippen molar-refractivity contribution in [2.75, 3.05) is 33.2 Å². The summed E-state index contributed by atoms with van der Waals surface area (Å²) in [5.41, 5.74) is 1.12. The van der Waals surface area contributed by atoms with Crippen molar-refractivity contribution in [3.8, 4) is 0 Å². The lowest BCUT2D eigenvalue weighted by Gasteiger charge is -2.28. The van der Waals surface area contributed by atoms with E-state index in [-0.39, 0.29) is 0 Å². The molecule has 0 atom stereocenters. The molecule has 0 heterocycles. The summed E-state index contributed by atoms with van der Waals surface area (Å²) in [6.07, 6.45) is 1.57. The second-order valence-electron chi connectivity index (χ2n) is 3.69. The summed E-state index contributed by atoms with van der Waals surface area (Å²) >= 11 is 0. The van der Waals surface area contributed by atoms with Crippen LogP contribution in [0.1, 0.15) is 12.8 Å². The van der Waals surface area contributed by atoms with E-state index in [0.29, 0.717) is 6.42 Å². The van der Waals surface area contributed by atoms with Gasteiger partial charge in [0.05, 0.1) is 0 Å². The SMILES string of the molecule is COC(CCCNc1ccccc1)(OC)OC. The molecule has 1 aromatic carbocycles. The van der Waals surface area contributed by atoms with Gasteiger partial charge in [0.2, 0.25) is 0 Å². The number of hydrogen-bond donors (Lipinski definition) is 1. The quantitative estimate of drug-likeness (QED) is 0.559. The van der Waals surface area contributed by atoms with E-state index in [1.807, 2.05) is 30.3 Å². The van der Waals surface area contributed by atoms with Crippen molar-refractivity contribution < 1.29 is 14.2 Å². The Morgan fingerprint density at radius 3 is 2.12 bits per heavy atom. The third kappa shape index (κ3) is 4.34. The first-order valence-corrected chi connectivity index (χ1v) is 5.70. The van der Waals surface area contributed by atoms with Gasteiger partial charge in [-0.05, 0) is 18.6 Å². The summed E-state index contributed by atoms with van der Waals surface area (Å²) in [5.74, 6) is -0.918. The highest BCUT2D eigenvalue weighted by molar-refractivity contribution is 5.42. The van der Waals surface area contributed by atoms with Crippen LogP contribution in [0.2, 0.25) is 0 Å². The van der Waals surface area contributed by atoms with E-state index in [0.717, 1.165) is 18.7 Å². The molecule has 0 unspecified atom stereocenters. The van der Waals surface area contributed by atoms with Crippen molar-refractivity contribution in [2.45, 2.75) is 18.8 Å². The van der Waals surface area contributed by atoms with Gasteiger partial charge in [0.1, 0.15) is 0 Å². The lowest BCUT2D eigenvalue weighted by molar-refractivity contribution is -0.355. The number of anilines is 1. The van der Waals surface area contributed by atoms with Gasteiger partial charge in [-0.1, -0.05) is 18.2 Å². The van der Waals surface area contributed by atoms with Gasteiger partial charge in [-0.2, -0.15) is 0 Å². The topological polar surface area (TPSA) is 39.7 Å². The number of ether oxygens (including phenoxy) is 3. The minimum atomic E-state index is -0.918. The number of rotatable bonds is 8. The molecule has 1 aromatic rings. The molecule has 0 saturated carbocycles. The lowest BCUT2D eigenvalue weighted by Crippen LogP contribution is -2.36. The van der Waals surface area contributed by atoms with Crippen LogP contribution in [0.3, 0.4) is 0 Å². The van der Waals surface area contributed by atoms with Gasteiger partial charge in [0.25, 0.3) is 5.97 Å². The van der Waals surface area contributed by atoms with Crippen LogP contribution in [-0.2, 0) is 14.2 Å². The van der Waals surface area contributed by atoms with E-state index in [9.17, 15) is 0 Å². The molecule has 0 bridgehead atoms. The van der Waals surface area contributed by atoms with Crippen LogP contribution in [0.25, 0.3) is 0 Å². The standard InChI is InChI=1S/C13H21NO3/c1-15-13(16-2,17-3)10-7-11-14-12-8-5-4-6-9-12/h4-6,8-9,14H,7,10-11H2,1-3H3. The smallest absolute Gasteiger partial charge is 0.282 e. The Labute approximate surface area is 103 Å². The lowest BCUT2D eigenvalue weighted by atomic mass is 10.2. The maximum atomic E-state index is 5.22. The Bertz CT molecular complexity index is 291. The third-order valence-corrected chi connectivity index (χ3v) is 2.70. The van der Waals surface area contributed by atoms with Crippen molar-refractivity contribution >= 4 is 5.69 Å². The van der Waals surface area contributed by atoms with Crippen molar-refractivity contribution in [1.82, 2.24) is 0 Å². The van der Waals surface area contributed by atoms with E-state index < -0.39 is 5.97 Å². The summed E-state index contributed by atoms with van der Waals surface area (Å²) in [6.45, 7) is 0.849. The number of benzene rings is 1. The summed E-state index contributed by atoms with van der Waals surface area (Å²) in [5, 5.41) is 3.32. The highest BCUT2D eigenvalue weighted by Crippen LogP contribution is 2.19. The molecule has 0 radical (unpaired) electrons. The second-order valence-corrected chi connectivity index (χ2v) is 3.69. The van der Waals surface area contributed by atoms with E-state index in [1.54, 1.807) is 21.3 Å². The van der Waals surface area contributed by atoms with E-state index in [1.165, 1.54) is 0 Å². The van der Waals surface area contributed by atoms with Gasteiger partial charge in [0.15, 0.2) is 0 Å². The van der Waals surface area contributed by atoms with Gasteiger partial charge in [-0.3, -0.25) is 0 Å². The van der Waals surface area contributed by atoms with Gasteiger partial charge in [-0.15, -0.1) is 0 Å². The van der Waals surface area contributed by atoms with Crippen molar-refractivity contribution in [3.05, 3.63) is 30.3 Å². The number of hydrogen-bond acceptors (Lipinski definition) is 4. The number of methoxy groups -OCH3 is 3. The van der Waals surface area contributed by atoms with Gasteiger partial charge in [0, 0.05) is 40.0 Å². The van der Waals surface area contributed by atoms with Crippen molar-refractivity contribution in [2.24, 2.45) is 0 Å². The Hall–Kier alpha value is -1.10. The molecule has 4 nitrogen and oxygen atoms in total. The first-order chi connectivity index (χ1) is 8.26. The maximum absolute atomic E-state index is 5.22. The summed E-state index contributed by atoms with van der Waals surface area (Å²) in [4.78, 5) is 0. The summed E-state index contributed by atoms with van der Waals surface area (Å²) in [7, 11) is 4.74. The largest absolute Gasteiger partial charge is 0.385 e. The van der Waals surface area contributed by atoms with Crippen LogP contribution in [0, 0.1) is 0 Å². The Morgan fingerprint density at radius 1 is 1.00 bits per heavy atom. The molecule has 0 aliphatic carbocycles. The molecule has 17 heavy (non-hydrogen) atoms. The van der Waals surface area contributed by atoms with Crippen LogP contribution in [-0.4, -0.2) is 33.8 Å². The maximum Gasteiger partial charge on any atom is 0.282 e. The van der Waals surface area contributed by atoms with Crippen molar-refractivity contribution in [3.63, 3.8) is 0 Å². The normalized spacial score (nSPS) is 11.5. The third-order valence-electron chi connectivity index (χ3n) is 2.70. The average molecular weight is 239 g/mol. The zero-order valence-corrected chi connectivity index (χ0v) is 10.7. The highest BCUT2D eigenvalue weighted by Gasteiger charge is 2.28. The molecule has 0 spiro atoms. The predicted octanol–water partition coefficient (Wildman–Crippen LogP) is 2.47. The summed E-state index contributed by atoms with van der Waals surface area (Å²) < 4.78 is 15.6. The van der Waals surface area contributed by atoms with Gasteiger partial charge in [-0.25, -0.2) is 0 Å². The average Bonchev–Trinajstić information content (AvgIpc) is 2.41. The fraction of sp³-hybridized carbons (Fsp3) is 0.538. The molecular weight excluding hydrogens is 218 g/mol. The second kappa shape index (κ2) is 7.27. The monoisotopic (exact) mass is 239 g/mol. The Morgan fingerprint density at radius 2 is 1.59 bits per heavy atom. The molecule has 1 N–H and O–H groups in total. The zero-order chi connectivity index (χ0) is 12.6.